The van der Waals surface area contributed by atoms with E-state index in [1.165, 1.54) is 12.1 Å². The maximum absolute atomic E-state index is 11.3. The summed E-state index contributed by atoms with van der Waals surface area (Å²) in [6.07, 6.45) is -0.657. The molecule has 0 aliphatic rings. The zero-order chi connectivity index (χ0) is 14.0. The van der Waals surface area contributed by atoms with Crippen LogP contribution in [0.15, 0.2) is 21.7 Å². The number of hydrogen-bond acceptors (Lipinski definition) is 4. The van der Waals surface area contributed by atoms with Gasteiger partial charge in [0.05, 0.1) is 28.4 Å². The van der Waals surface area contributed by atoms with Crippen molar-refractivity contribution in [2.75, 3.05) is 11.9 Å². The fourth-order valence-electron chi connectivity index (χ4n) is 1.51. The monoisotopic (exact) mass is 283 g/mol. The Hall–Kier alpha value is -2.28. The first-order valence-corrected chi connectivity index (χ1v) is 5.78. The molecule has 0 fully saturated rings. The van der Waals surface area contributed by atoms with E-state index < -0.39 is 17.2 Å². The minimum atomic E-state index is -0.781. The second-order valence-corrected chi connectivity index (χ2v) is 4.04. The molecule has 100 valence electrons. The molecule has 0 aliphatic heterocycles. The van der Waals surface area contributed by atoms with Crippen molar-refractivity contribution in [3.63, 3.8) is 0 Å². The molecule has 0 unspecified atom stereocenters. The molecule has 0 saturated carbocycles. The number of rotatable bonds is 2. The lowest BCUT2D eigenvalue weighted by molar-refractivity contribution is 0.168. The molecule has 1 amide bonds. The smallest absolute Gasteiger partial charge is 0.411 e. The first-order valence-electron chi connectivity index (χ1n) is 5.41. The van der Waals surface area contributed by atoms with Gasteiger partial charge in [0.2, 0.25) is 0 Å². The van der Waals surface area contributed by atoms with Gasteiger partial charge in [-0.3, -0.25) is 14.9 Å². The van der Waals surface area contributed by atoms with E-state index in [0.717, 1.165) is 0 Å². The van der Waals surface area contributed by atoms with E-state index >= 15 is 0 Å². The highest BCUT2D eigenvalue weighted by atomic mass is 35.5. The average Bonchev–Trinajstić information content (AvgIpc) is 2.33. The van der Waals surface area contributed by atoms with Gasteiger partial charge in [0.25, 0.3) is 0 Å². The van der Waals surface area contributed by atoms with Crippen LogP contribution < -0.4 is 16.4 Å². The van der Waals surface area contributed by atoms with Gasteiger partial charge in [-0.25, -0.2) is 4.79 Å². The maximum Gasteiger partial charge on any atom is 0.411 e. The third-order valence-electron chi connectivity index (χ3n) is 2.32. The zero-order valence-electron chi connectivity index (χ0n) is 9.87. The number of hydrogen-bond donors (Lipinski definition) is 3. The van der Waals surface area contributed by atoms with E-state index in [9.17, 15) is 14.4 Å². The Bertz CT molecular complexity index is 750. The highest BCUT2D eigenvalue weighted by Gasteiger charge is 2.09. The van der Waals surface area contributed by atoms with Crippen LogP contribution in [0.2, 0.25) is 5.02 Å². The van der Waals surface area contributed by atoms with Crippen molar-refractivity contribution in [3.05, 3.63) is 37.9 Å². The normalized spacial score (nSPS) is 10.4. The molecule has 1 aromatic carbocycles. The van der Waals surface area contributed by atoms with Crippen LogP contribution in [0.1, 0.15) is 6.92 Å². The minimum absolute atomic E-state index is 0.211. The van der Waals surface area contributed by atoms with Crippen LogP contribution in [0.5, 0.6) is 0 Å². The number of aromatic nitrogens is 2. The van der Waals surface area contributed by atoms with E-state index in [1.807, 2.05) is 0 Å². The molecule has 19 heavy (non-hydrogen) atoms. The molecule has 3 N–H and O–H groups in total. The Morgan fingerprint density at radius 3 is 2.42 bits per heavy atom. The summed E-state index contributed by atoms with van der Waals surface area (Å²) >= 11 is 5.96. The molecule has 8 heteroatoms. The van der Waals surface area contributed by atoms with E-state index in [1.54, 1.807) is 6.92 Å². The van der Waals surface area contributed by atoms with Gasteiger partial charge in [-0.05, 0) is 19.1 Å². The third kappa shape index (κ3) is 2.76. The number of benzene rings is 1. The number of halogens is 1. The number of ether oxygens (including phenoxy) is 1. The molecule has 1 aromatic heterocycles. The van der Waals surface area contributed by atoms with Crippen LogP contribution in [-0.4, -0.2) is 22.7 Å². The molecule has 0 spiro atoms. The van der Waals surface area contributed by atoms with Crippen LogP contribution >= 0.6 is 11.6 Å². The van der Waals surface area contributed by atoms with Crippen molar-refractivity contribution in [1.29, 1.82) is 0 Å². The Morgan fingerprint density at radius 1 is 1.26 bits per heavy atom. The number of anilines is 1. The molecule has 0 aliphatic carbocycles. The van der Waals surface area contributed by atoms with E-state index in [4.69, 9.17) is 16.3 Å². The van der Waals surface area contributed by atoms with E-state index in [2.05, 4.69) is 15.3 Å². The summed E-state index contributed by atoms with van der Waals surface area (Å²) in [6, 6.07) is 2.86. The lowest BCUT2D eigenvalue weighted by Crippen LogP contribution is -2.29. The van der Waals surface area contributed by atoms with Gasteiger partial charge < -0.3 is 14.7 Å². The van der Waals surface area contributed by atoms with Gasteiger partial charge in [0, 0.05) is 0 Å². The summed E-state index contributed by atoms with van der Waals surface area (Å²) < 4.78 is 4.72. The first-order chi connectivity index (χ1) is 9.01. The molecule has 2 aromatic rings. The summed E-state index contributed by atoms with van der Waals surface area (Å²) in [4.78, 5) is 38.4. The molecular formula is C11H10ClN3O4. The molecule has 0 saturated heterocycles. The van der Waals surface area contributed by atoms with Crippen LogP contribution in [-0.2, 0) is 4.74 Å². The summed E-state index contributed by atoms with van der Waals surface area (Å²) in [6.45, 7) is 1.89. The number of nitrogens with one attached hydrogen (secondary N) is 3. The number of carbonyl (C=O) groups excluding carboxylic acids is 1. The molecular weight excluding hydrogens is 274 g/mol. The molecule has 7 nitrogen and oxygen atoms in total. The number of fused-ring (bicyclic) bond motifs is 1. The van der Waals surface area contributed by atoms with Gasteiger partial charge in [-0.1, -0.05) is 11.6 Å². The van der Waals surface area contributed by atoms with Gasteiger partial charge in [-0.2, -0.15) is 0 Å². The topological polar surface area (TPSA) is 104 Å². The summed E-state index contributed by atoms with van der Waals surface area (Å²) in [5.41, 5.74) is -0.563. The number of amides is 1. The fourth-order valence-corrected chi connectivity index (χ4v) is 1.72. The Balaban J connectivity index is 2.49. The zero-order valence-corrected chi connectivity index (χ0v) is 10.6. The first kappa shape index (κ1) is 13.2. The van der Waals surface area contributed by atoms with Crippen LogP contribution in [0, 0.1) is 0 Å². The van der Waals surface area contributed by atoms with E-state index in [0.29, 0.717) is 11.0 Å². The van der Waals surface area contributed by atoms with Crippen LogP contribution in [0.4, 0.5) is 10.5 Å². The lowest BCUT2D eigenvalue weighted by atomic mass is 10.2. The highest BCUT2D eigenvalue weighted by molar-refractivity contribution is 6.34. The molecule has 2 rings (SSSR count). The van der Waals surface area contributed by atoms with Crippen LogP contribution in [0.25, 0.3) is 11.0 Å². The third-order valence-corrected chi connectivity index (χ3v) is 2.63. The fraction of sp³-hybridized carbons (Fsp3) is 0.182. The summed E-state index contributed by atoms with van der Waals surface area (Å²) in [5, 5.41) is 2.64. The molecule has 1 heterocycles. The Morgan fingerprint density at radius 2 is 1.84 bits per heavy atom. The summed E-state index contributed by atoms with van der Waals surface area (Å²) in [5.74, 6) is 0. The van der Waals surface area contributed by atoms with Crippen molar-refractivity contribution in [1.82, 2.24) is 9.97 Å². The second kappa shape index (κ2) is 5.15. The predicted octanol–water partition coefficient (Wildman–Crippen LogP) is 1.44. The van der Waals surface area contributed by atoms with Crippen molar-refractivity contribution < 1.29 is 9.53 Å². The van der Waals surface area contributed by atoms with E-state index in [-0.39, 0.29) is 17.3 Å². The average molecular weight is 284 g/mol. The second-order valence-electron chi connectivity index (χ2n) is 3.63. The quantitative estimate of drug-likeness (QED) is 0.725. The molecule has 0 atom stereocenters. The molecule has 0 bridgehead atoms. The van der Waals surface area contributed by atoms with Crippen molar-refractivity contribution >= 4 is 34.4 Å². The van der Waals surface area contributed by atoms with Gasteiger partial charge >= 0.3 is 17.2 Å². The number of aromatic amines is 2. The predicted molar refractivity (Wildman–Crippen MR) is 70.8 cm³/mol. The van der Waals surface area contributed by atoms with Crippen molar-refractivity contribution in [2.24, 2.45) is 0 Å². The maximum atomic E-state index is 11.3. The largest absolute Gasteiger partial charge is 0.450 e. The van der Waals surface area contributed by atoms with Gasteiger partial charge in [-0.15, -0.1) is 0 Å². The number of H-pyrrole nitrogens is 2. The van der Waals surface area contributed by atoms with Crippen molar-refractivity contribution in [3.8, 4) is 0 Å². The van der Waals surface area contributed by atoms with Gasteiger partial charge in [0.1, 0.15) is 0 Å². The SMILES string of the molecule is CCOC(=O)Nc1cc2[nH]c(=O)c(=O)[nH]c2cc1Cl. The lowest BCUT2D eigenvalue weighted by Gasteiger charge is -2.08. The standard InChI is InChI=1S/C11H10ClN3O4/c1-2-19-11(18)15-6-4-8-7(3-5(6)12)13-9(16)10(17)14-8/h3-4H,2H2,1H3,(H,13,16)(H,14,17)(H,15,18). The summed E-state index contributed by atoms with van der Waals surface area (Å²) in [7, 11) is 0. The molecule has 0 radical (unpaired) electrons. The van der Waals surface area contributed by atoms with Gasteiger partial charge in [0.15, 0.2) is 0 Å². The van der Waals surface area contributed by atoms with Crippen LogP contribution in [0.3, 0.4) is 0 Å². The Labute approximate surface area is 111 Å². The highest BCUT2D eigenvalue weighted by Crippen LogP contribution is 2.25. The number of carbonyl (C=O) groups is 1. The minimum Gasteiger partial charge on any atom is -0.450 e. The Kier molecular flexibility index (Phi) is 3.57. The van der Waals surface area contributed by atoms with Crippen molar-refractivity contribution in [2.45, 2.75) is 6.92 Å².